The van der Waals surface area contributed by atoms with Crippen molar-refractivity contribution in [1.82, 2.24) is 5.32 Å². The summed E-state index contributed by atoms with van der Waals surface area (Å²) >= 11 is 6.50. The summed E-state index contributed by atoms with van der Waals surface area (Å²) in [6.07, 6.45) is 0. The van der Waals surface area contributed by atoms with Gasteiger partial charge in [-0.3, -0.25) is 0 Å². The molecule has 3 nitrogen and oxygen atoms in total. The maximum absolute atomic E-state index is 6.50. The van der Waals surface area contributed by atoms with Gasteiger partial charge < -0.3 is 15.0 Å². The van der Waals surface area contributed by atoms with Gasteiger partial charge >= 0.3 is 0 Å². The first-order valence-electron chi connectivity index (χ1n) is 7.59. The maximum atomic E-state index is 6.50. The molecule has 118 valence electrons. The van der Waals surface area contributed by atoms with E-state index in [1.165, 1.54) is 5.56 Å². The number of benzene rings is 1. The van der Waals surface area contributed by atoms with Crippen LogP contribution in [-0.2, 0) is 11.3 Å². The Morgan fingerprint density at radius 3 is 2.67 bits per heavy atom. The predicted molar refractivity (Wildman–Crippen MR) is 90.3 cm³/mol. The Hall–Kier alpha value is -0.770. The van der Waals surface area contributed by atoms with Crippen molar-refractivity contribution < 1.29 is 4.74 Å². The number of hydrogen-bond acceptors (Lipinski definition) is 3. The van der Waals surface area contributed by atoms with Gasteiger partial charge in [0.25, 0.3) is 0 Å². The van der Waals surface area contributed by atoms with Crippen molar-refractivity contribution in [2.24, 2.45) is 0 Å². The minimum atomic E-state index is -0.133. The third-order valence-electron chi connectivity index (χ3n) is 3.62. The molecule has 1 aromatic rings. The normalized spacial score (nSPS) is 18.9. The molecule has 1 heterocycles. The van der Waals surface area contributed by atoms with E-state index in [2.05, 4.69) is 50.9 Å². The fourth-order valence-electron chi connectivity index (χ4n) is 2.62. The lowest BCUT2D eigenvalue weighted by atomic mass is 10.0. The SMILES string of the molecule is CC(C)(C)NCc1cccc(Cl)c1N1CCOC(C)(C)C1. The van der Waals surface area contributed by atoms with Crippen LogP contribution in [0.5, 0.6) is 0 Å². The second-order valence-electron chi connectivity index (χ2n) is 7.38. The van der Waals surface area contributed by atoms with Gasteiger partial charge in [0.05, 0.1) is 22.9 Å². The number of morpholine rings is 1. The minimum absolute atomic E-state index is 0.0872. The van der Waals surface area contributed by atoms with Crippen molar-refractivity contribution in [2.45, 2.75) is 52.3 Å². The molecule has 4 heteroatoms. The van der Waals surface area contributed by atoms with E-state index in [9.17, 15) is 0 Å². The molecule has 0 radical (unpaired) electrons. The molecule has 1 N–H and O–H groups in total. The Morgan fingerprint density at radius 2 is 2.05 bits per heavy atom. The molecule has 0 saturated carbocycles. The highest BCUT2D eigenvalue weighted by molar-refractivity contribution is 6.33. The predicted octanol–water partition coefficient (Wildman–Crippen LogP) is 3.84. The average molecular weight is 311 g/mol. The first-order valence-corrected chi connectivity index (χ1v) is 7.97. The number of ether oxygens (including phenoxy) is 1. The first-order chi connectivity index (χ1) is 9.68. The topological polar surface area (TPSA) is 24.5 Å². The molecule has 0 spiro atoms. The Morgan fingerprint density at radius 1 is 1.33 bits per heavy atom. The molecule has 1 aromatic carbocycles. The van der Waals surface area contributed by atoms with Crippen LogP contribution in [0.2, 0.25) is 5.02 Å². The molecule has 0 aliphatic carbocycles. The van der Waals surface area contributed by atoms with Crippen molar-refractivity contribution in [3.63, 3.8) is 0 Å². The summed E-state index contributed by atoms with van der Waals surface area (Å²) < 4.78 is 5.81. The van der Waals surface area contributed by atoms with E-state index >= 15 is 0 Å². The highest BCUT2D eigenvalue weighted by atomic mass is 35.5. The minimum Gasteiger partial charge on any atom is -0.372 e. The number of hydrogen-bond donors (Lipinski definition) is 1. The van der Waals surface area contributed by atoms with Crippen LogP contribution < -0.4 is 10.2 Å². The first kappa shape index (κ1) is 16.6. The fourth-order valence-corrected chi connectivity index (χ4v) is 2.94. The number of nitrogens with zero attached hydrogens (tertiary/aromatic N) is 1. The lowest BCUT2D eigenvalue weighted by Gasteiger charge is -2.40. The van der Waals surface area contributed by atoms with Gasteiger partial charge in [0.2, 0.25) is 0 Å². The molecular weight excluding hydrogens is 284 g/mol. The Labute approximate surface area is 133 Å². The molecule has 0 amide bonds. The van der Waals surface area contributed by atoms with Gasteiger partial charge in [0, 0.05) is 25.2 Å². The lowest BCUT2D eigenvalue weighted by molar-refractivity contribution is -0.0277. The molecule has 0 unspecified atom stereocenters. The monoisotopic (exact) mass is 310 g/mol. The molecule has 0 bridgehead atoms. The van der Waals surface area contributed by atoms with Crippen LogP contribution in [0.25, 0.3) is 0 Å². The highest BCUT2D eigenvalue weighted by Gasteiger charge is 2.29. The van der Waals surface area contributed by atoms with Crippen molar-refractivity contribution in [1.29, 1.82) is 0 Å². The Kier molecular flexibility index (Phi) is 4.86. The quantitative estimate of drug-likeness (QED) is 0.918. The standard InChI is InChI=1S/C17H27ClN2O/c1-16(2,3)19-11-13-7-6-8-14(18)15(13)20-9-10-21-17(4,5)12-20/h6-8,19H,9-12H2,1-5H3. The van der Waals surface area contributed by atoms with Crippen LogP contribution in [0.4, 0.5) is 5.69 Å². The molecular formula is C17H27ClN2O. The van der Waals surface area contributed by atoms with Crippen LogP contribution in [0.1, 0.15) is 40.2 Å². The second-order valence-corrected chi connectivity index (χ2v) is 7.79. The van der Waals surface area contributed by atoms with Gasteiger partial charge in [0.15, 0.2) is 0 Å². The van der Waals surface area contributed by atoms with Crippen molar-refractivity contribution in [2.75, 3.05) is 24.6 Å². The Bertz CT molecular complexity index is 494. The van der Waals surface area contributed by atoms with Crippen LogP contribution in [0, 0.1) is 0 Å². The summed E-state index contributed by atoms with van der Waals surface area (Å²) in [6, 6.07) is 6.15. The Balaban J connectivity index is 2.25. The maximum Gasteiger partial charge on any atom is 0.0801 e. The highest BCUT2D eigenvalue weighted by Crippen LogP contribution is 2.33. The van der Waals surface area contributed by atoms with Gasteiger partial charge in [-0.05, 0) is 46.2 Å². The van der Waals surface area contributed by atoms with E-state index in [1.807, 2.05) is 12.1 Å². The van der Waals surface area contributed by atoms with E-state index in [4.69, 9.17) is 16.3 Å². The van der Waals surface area contributed by atoms with Gasteiger partial charge in [0.1, 0.15) is 0 Å². The lowest BCUT2D eigenvalue weighted by Crippen LogP contribution is -2.49. The zero-order chi connectivity index (χ0) is 15.7. The van der Waals surface area contributed by atoms with Crippen LogP contribution >= 0.6 is 11.6 Å². The van der Waals surface area contributed by atoms with E-state index in [-0.39, 0.29) is 11.1 Å². The summed E-state index contributed by atoms with van der Waals surface area (Å²) in [6.45, 7) is 14.1. The largest absolute Gasteiger partial charge is 0.372 e. The molecule has 1 aliphatic rings. The van der Waals surface area contributed by atoms with Crippen molar-refractivity contribution in [3.8, 4) is 0 Å². The van der Waals surface area contributed by atoms with E-state index < -0.39 is 0 Å². The van der Waals surface area contributed by atoms with E-state index in [0.29, 0.717) is 0 Å². The summed E-state index contributed by atoms with van der Waals surface area (Å²) in [5.74, 6) is 0. The summed E-state index contributed by atoms with van der Waals surface area (Å²) in [7, 11) is 0. The van der Waals surface area contributed by atoms with Gasteiger partial charge in [-0.15, -0.1) is 0 Å². The van der Waals surface area contributed by atoms with E-state index in [0.717, 1.165) is 37.0 Å². The zero-order valence-electron chi connectivity index (χ0n) is 13.8. The van der Waals surface area contributed by atoms with Gasteiger partial charge in [-0.2, -0.15) is 0 Å². The number of nitrogens with one attached hydrogen (secondary N) is 1. The molecule has 0 atom stereocenters. The molecule has 0 aromatic heterocycles. The summed E-state index contributed by atoms with van der Waals surface area (Å²) in [5.41, 5.74) is 2.35. The van der Waals surface area contributed by atoms with Crippen LogP contribution in [0.15, 0.2) is 18.2 Å². The number of halogens is 1. The zero-order valence-corrected chi connectivity index (χ0v) is 14.5. The van der Waals surface area contributed by atoms with Crippen molar-refractivity contribution >= 4 is 17.3 Å². The average Bonchev–Trinajstić information content (AvgIpc) is 2.34. The van der Waals surface area contributed by atoms with Crippen LogP contribution in [0.3, 0.4) is 0 Å². The second kappa shape index (κ2) is 6.15. The summed E-state index contributed by atoms with van der Waals surface area (Å²) in [5, 5.41) is 4.37. The number of rotatable bonds is 3. The molecule has 1 fully saturated rings. The molecule has 1 saturated heterocycles. The van der Waals surface area contributed by atoms with Gasteiger partial charge in [-0.1, -0.05) is 23.7 Å². The fraction of sp³-hybridized carbons (Fsp3) is 0.647. The molecule has 1 aliphatic heterocycles. The third kappa shape index (κ3) is 4.60. The van der Waals surface area contributed by atoms with E-state index in [1.54, 1.807) is 0 Å². The third-order valence-corrected chi connectivity index (χ3v) is 3.93. The van der Waals surface area contributed by atoms with Crippen LogP contribution in [-0.4, -0.2) is 30.8 Å². The summed E-state index contributed by atoms with van der Waals surface area (Å²) in [4.78, 5) is 2.35. The van der Waals surface area contributed by atoms with Crippen molar-refractivity contribution in [3.05, 3.63) is 28.8 Å². The number of anilines is 1. The number of para-hydroxylation sites is 1. The molecule has 21 heavy (non-hydrogen) atoms. The molecule has 2 rings (SSSR count). The smallest absolute Gasteiger partial charge is 0.0801 e. The van der Waals surface area contributed by atoms with Gasteiger partial charge in [-0.25, -0.2) is 0 Å².